The summed E-state index contributed by atoms with van der Waals surface area (Å²) in [6.07, 6.45) is 1.59. The van der Waals surface area contributed by atoms with Crippen LogP contribution in [-0.2, 0) is 22.7 Å². The van der Waals surface area contributed by atoms with E-state index in [1.54, 1.807) is 31.3 Å². The number of ether oxygens (including phenoxy) is 1. The predicted molar refractivity (Wildman–Crippen MR) is 122 cm³/mol. The van der Waals surface area contributed by atoms with Gasteiger partial charge in [0.2, 0.25) is 0 Å². The maximum atomic E-state index is 13.1. The van der Waals surface area contributed by atoms with Crippen molar-refractivity contribution in [2.45, 2.75) is 20.1 Å². The molecular formula is C23H22ClN3O6. The smallest absolute Gasteiger partial charge is 0.322 e. The number of rotatable bonds is 8. The lowest BCUT2D eigenvalue weighted by Gasteiger charge is -2.18. The first-order valence-electron chi connectivity index (χ1n) is 9.88. The van der Waals surface area contributed by atoms with Crippen molar-refractivity contribution in [3.8, 4) is 17.0 Å². The van der Waals surface area contributed by atoms with Crippen LogP contribution in [0.2, 0.25) is 5.02 Å². The van der Waals surface area contributed by atoms with Gasteiger partial charge >= 0.3 is 5.97 Å². The maximum Gasteiger partial charge on any atom is 0.322 e. The lowest BCUT2D eigenvalue weighted by atomic mass is 10.1. The molecule has 0 saturated carbocycles. The largest absolute Gasteiger partial charge is 0.506 e. The van der Waals surface area contributed by atoms with E-state index in [4.69, 9.17) is 21.4 Å². The molecule has 0 fully saturated rings. The van der Waals surface area contributed by atoms with Crippen molar-refractivity contribution >= 4 is 23.5 Å². The highest BCUT2D eigenvalue weighted by molar-refractivity contribution is 6.33. The van der Waals surface area contributed by atoms with E-state index >= 15 is 0 Å². The summed E-state index contributed by atoms with van der Waals surface area (Å²) in [5.74, 6) is -2.80. The van der Waals surface area contributed by atoms with Crippen molar-refractivity contribution in [3.05, 3.63) is 80.4 Å². The number of nitrogens with zero attached hydrogens (tertiary/aromatic N) is 2. The fraction of sp³-hybridized carbons (Fsp3) is 0.217. The number of amides is 1. The molecule has 0 aliphatic carbocycles. The Morgan fingerprint density at radius 2 is 1.94 bits per heavy atom. The van der Waals surface area contributed by atoms with Gasteiger partial charge in [-0.15, -0.1) is 0 Å². The predicted octanol–water partition coefficient (Wildman–Crippen LogP) is 2.59. The molecule has 3 N–H and O–H groups in total. The number of carboxylic acid groups (broad SMARTS) is 1. The SMILES string of the molecule is COCc1c(O)c(C(=O)NCC(=O)O)c(=O)n(Cc2ccc(-c3ccccc3Cl)nc2)c1C. The summed E-state index contributed by atoms with van der Waals surface area (Å²) in [5.41, 5.74) is 1.44. The van der Waals surface area contributed by atoms with Crippen molar-refractivity contribution in [1.82, 2.24) is 14.9 Å². The third-order valence-electron chi connectivity index (χ3n) is 5.05. The minimum atomic E-state index is -1.28. The molecule has 3 rings (SSSR count). The van der Waals surface area contributed by atoms with Gasteiger partial charge in [0.15, 0.2) is 0 Å². The van der Waals surface area contributed by atoms with Gasteiger partial charge in [-0.3, -0.25) is 19.4 Å². The molecular weight excluding hydrogens is 450 g/mol. The summed E-state index contributed by atoms with van der Waals surface area (Å²) in [4.78, 5) is 40.8. The van der Waals surface area contributed by atoms with Gasteiger partial charge in [0, 0.05) is 35.2 Å². The lowest BCUT2D eigenvalue weighted by molar-refractivity contribution is -0.135. The molecule has 172 valence electrons. The Kier molecular flexibility index (Phi) is 7.47. The van der Waals surface area contributed by atoms with Crippen LogP contribution >= 0.6 is 11.6 Å². The number of hydrogen-bond donors (Lipinski definition) is 3. The standard InChI is InChI=1S/C23H22ClN3O6/c1-13-16(12-33-2)21(30)20(22(31)26-10-19(28)29)23(32)27(13)11-14-7-8-18(25-9-14)15-5-3-4-6-17(15)24/h3-9,30H,10-12H2,1-2H3,(H,26,31)(H,28,29). The molecule has 0 atom stereocenters. The van der Waals surface area contributed by atoms with Crippen LogP contribution in [0.4, 0.5) is 0 Å². The number of benzene rings is 1. The average Bonchev–Trinajstić information content (AvgIpc) is 2.79. The van der Waals surface area contributed by atoms with Gasteiger partial charge in [0.05, 0.1) is 18.8 Å². The molecule has 2 heterocycles. The van der Waals surface area contributed by atoms with Crippen LogP contribution in [0.5, 0.6) is 5.75 Å². The minimum absolute atomic E-state index is 0.0547. The molecule has 1 amide bonds. The Balaban J connectivity index is 2.01. The number of carbonyl (C=O) groups is 2. The number of aromatic hydroxyl groups is 1. The molecule has 0 aliphatic heterocycles. The fourth-order valence-electron chi connectivity index (χ4n) is 3.36. The summed E-state index contributed by atoms with van der Waals surface area (Å²) >= 11 is 6.23. The molecule has 0 spiro atoms. The van der Waals surface area contributed by atoms with Gasteiger partial charge < -0.3 is 24.8 Å². The van der Waals surface area contributed by atoms with E-state index in [1.807, 2.05) is 18.2 Å². The van der Waals surface area contributed by atoms with Crippen molar-refractivity contribution in [1.29, 1.82) is 0 Å². The fourth-order valence-corrected chi connectivity index (χ4v) is 3.59. The first-order chi connectivity index (χ1) is 15.7. The number of methoxy groups -OCH3 is 1. The normalized spacial score (nSPS) is 10.8. The molecule has 3 aromatic rings. The van der Waals surface area contributed by atoms with Crippen molar-refractivity contribution in [3.63, 3.8) is 0 Å². The Morgan fingerprint density at radius 3 is 2.55 bits per heavy atom. The Labute approximate surface area is 194 Å². The molecule has 0 bridgehead atoms. The summed E-state index contributed by atoms with van der Waals surface area (Å²) < 4.78 is 6.43. The van der Waals surface area contributed by atoms with Crippen LogP contribution < -0.4 is 10.9 Å². The van der Waals surface area contributed by atoms with Crippen molar-refractivity contribution < 1.29 is 24.5 Å². The van der Waals surface area contributed by atoms with Crippen LogP contribution in [0.3, 0.4) is 0 Å². The topological polar surface area (TPSA) is 131 Å². The van der Waals surface area contributed by atoms with Gasteiger partial charge in [-0.2, -0.15) is 0 Å². The molecule has 0 saturated heterocycles. The van der Waals surface area contributed by atoms with Crippen LogP contribution in [-0.4, -0.2) is 45.3 Å². The molecule has 0 unspecified atom stereocenters. The van der Waals surface area contributed by atoms with Crippen LogP contribution in [0, 0.1) is 6.92 Å². The summed E-state index contributed by atoms with van der Waals surface area (Å²) in [7, 11) is 1.41. The third-order valence-corrected chi connectivity index (χ3v) is 5.38. The second-order valence-corrected chi connectivity index (χ2v) is 7.63. The second kappa shape index (κ2) is 10.3. The zero-order valence-electron chi connectivity index (χ0n) is 18.0. The van der Waals surface area contributed by atoms with E-state index in [-0.39, 0.29) is 18.7 Å². The van der Waals surface area contributed by atoms with Crippen LogP contribution in [0.15, 0.2) is 47.4 Å². The van der Waals surface area contributed by atoms with E-state index < -0.39 is 35.3 Å². The van der Waals surface area contributed by atoms with Crippen molar-refractivity contribution in [2.75, 3.05) is 13.7 Å². The van der Waals surface area contributed by atoms with Crippen molar-refractivity contribution in [2.24, 2.45) is 0 Å². The number of carboxylic acids is 1. The third kappa shape index (κ3) is 5.21. The van der Waals surface area contributed by atoms with Crippen LogP contribution in [0.25, 0.3) is 11.3 Å². The number of nitrogens with one attached hydrogen (secondary N) is 1. The molecule has 0 radical (unpaired) electrons. The molecule has 9 nitrogen and oxygen atoms in total. The van der Waals surface area contributed by atoms with Gasteiger partial charge in [0.1, 0.15) is 17.9 Å². The first-order valence-corrected chi connectivity index (χ1v) is 10.3. The van der Waals surface area contributed by atoms with Gasteiger partial charge in [0.25, 0.3) is 11.5 Å². The number of aromatic nitrogens is 2. The first kappa shape index (κ1) is 24.0. The summed E-state index contributed by atoms with van der Waals surface area (Å²) in [5, 5.41) is 22.0. The molecule has 1 aromatic carbocycles. The Bertz CT molecular complexity index is 1250. The van der Waals surface area contributed by atoms with E-state index in [9.17, 15) is 19.5 Å². The Morgan fingerprint density at radius 1 is 1.21 bits per heavy atom. The van der Waals surface area contributed by atoms with Crippen LogP contribution in [0.1, 0.15) is 27.2 Å². The van der Waals surface area contributed by atoms with E-state index in [0.717, 1.165) is 5.56 Å². The highest BCUT2D eigenvalue weighted by atomic mass is 35.5. The summed E-state index contributed by atoms with van der Waals surface area (Å²) in [6, 6.07) is 10.8. The Hall–Kier alpha value is -3.69. The number of hydrogen-bond acceptors (Lipinski definition) is 6. The molecule has 2 aromatic heterocycles. The molecule has 33 heavy (non-hydrogen) atoms. The van der Waals surface area contributed by atoms with E-state index in [0.29, 0.717) is 22.0 Å². The van der Waals surface area contributed by atoms with E-state index in [2.05, 4.69) is 10.3 Å². The quantitative estimate of drug-likeness (QED) is 0.460. The zero-order chi connectivity index (χ0) is 24.1. The highest BCUT2D eigenvalue weighted by Gasteiger charge is 2.24. The van der Waals surface area contributed by atoms with Gasteiger partial charge in [-0.1, -0.05) is 35.9 Å². The highest BCUT2D eigenvalue weighted by Crippen LogP contribution is 2.27. The number of aliphatic carboxylic acids is 1. The average molecular weight is 472 g/mol. The van der Waals surface area contributed by atoms with Gasteiger partial charge in [-0.25, -0.2) is 0 Å². The van der Waals surface area contributed by atoms with E-state index in [1.165, 1.54) is 11.7 Å². The maximum absolute atomic E-state index is 13.1. The zero-order valence-corrected chi connectivity index (χ0v) is 18.7. The summed E-state index contributed by atoms with van der Waals surface area (Å²) in [6.45, 7) is 0.941. The number of pyridine rings is 2. The minimum Gasteiger partial charge on any atom is -0.506 e. The second-order valence-electron chi connectivity index (χ2n) is 7.22. The van der Waals surface area contributed by atoms with Gasteiger partial charge in [-0.05, 0) is 24.6 Å². The lowest BCUT2D eigenvalue weighted by Crippen LogP contribution is -2.37. The number of halogens is 1. The molecule has 0 aliphatic rings. The number of carbonyl (C=O) groups excluding carboxylic acids is 1. The monoisotopic (exact) mass is 471 g/mol. The molecule has 10 heteroatoms.